The van der Waals surface area contributed by atoms with Gasteiger partial charge in [0, 0.05) is 18.7 Å². The molecule has 3 N–H and O–H groups in total. The van der Waals surface area contributed by atoms with Crippen LogP contribution in [0.25, 0.3) is 11.2 Å². The average Bonchev–Trinajstić information content (AvgIpc) is 3.34. The number of nitrogens with one attached hydrogen (secondary N) is 2. The predicted octanol–water partition coefficient (Wildman–Crippen LogP) is 5.68. The Hall–Kier alpha value is -4.41. The van der Waals surface area contributed by atoms with Gasteiger partial charge in [0.1, 0.15) is 16.9 Å². The molecule has 0 aliphatic heterocycles. The van der Waals surface area contributed by atoms with E-state index in [1.165, 1.54) is 0 Å². The van der Waals surface area contributed by atoms with Crippen molar-refractivity contribution in [1.82, 2.24) is 24.8 Å². The molecule has 0 fully saturated rings. The SMILES string of the molecule is CC(C)(C)OC(=O)NCCCc1ccc(Nc2ncc3ncn(C4C=CC(OCCCCC(=O)O)=CC4)c3n2)cc1. The third-order valence-corrected chi connectivity index (χ3v) is 6.29. The summed E-state index contributed by atoms with van der Waals surface area (Å²) >= 11 is 0. The quantitative estimate of drug-likeness (QED) is 0.224. The van der Waals surface area contributed by atoms with Gasteiger partial charge in [-0.3, -0.25) is 4.79 Å². The molecule has 0 saturated heterocycles. The number of anilines is 2. The lowest BCUT2D eigenvalue weighted by atomic mass is 10.1. The van der Waals surface area contributed by atoms with Gasteiger partial charge in [0.15, 0.2) is 5.65 Å². The Morgan fingerprint density at radius 1 is 1.12 bits per heavy atom. The summed E-state index contributed by atoms with van der Waals surface area (Å²) in [5, 5.41) is 14.8. The molecule has 4 rings (SSSR count). The maximum absolute atomic E-state index is 11.8. The zero-order valence-corrected chi connectivity index (χ0v) is 23.8. The van der Waals surface area contributed by atoms with E-state index in [2.05, 4.69) is 26.7 Å². The second-order valence-corrected chi connectivity index (χ2v) is 10.9. The number of allylic oxidation sites excluding steroid dienone is 3. The topological polar surface area (TPSA) is 140 Å². The Labute approximate surface area is 239 Å². The number of unbranched alkanes of at least 4 members (excludes halogenated alkanes) is 1. The Morgan fingerprint density at radius 2 is 1.93 bits per heavy atom. The maximum atomic E-state index is 11.8. The molecule has 2 aromatic heterocycles. The van der Waals surface area contributed by atoms with E-state index < -0.39 is 17.7 Å². The van der Waals surface area contributed by atoms with E-state index in [0.29, 0.717) is 37.5 Å². The van der Waals surface area contributed by atoms with Gasteiger partial charge in [-0.2, -0.15) is 4.98 Å². The molecular formula is C30H38N6O5. The Kier molecular flexibility index (Phi) is 9.94. The summed E-state index contributed by atoms with van der Waals surface area (Å²) in [7, 11) is 0. The van der Waals surface area contributed by atoms with E-state index in [1.807, 2.05) is 61.8 Å². The molecule has 41 heavy (non-hydrogen) atoms. The van der Waals surface area contributed by atoms with Crippen molar-refractivity contribution in [3.63, 3.8) is 0 Å². The molecule has 0 saturated carbocycles. The summed E-state index contributed by atoms with van der Waals surface area (Å²) in [5.74, 6) is 0.491. The number of imidazole rings is 1. The number of rotatable bonds is 13. The molecule has 1 aliphatic carbocycles. The zero-order chi connectivity index (χ0) is 29.2. The molecule has 1 aromatic carbocycles. The minimum atomic E-state index is -0.782. The lowest BCUT2D eigenvalue weighted by molar-refractivity contribution is -0.137. The molecule has 11 nitrogen and oxygen atoms in total. The molecule has 1 aliphatic rings. The van der Waals surface area contributed by atoms with E-state index in [0.717, 1.165) is 41.9 Å². The summed E-state index contributed by atoms with van der Waals surface area (Å²) < 4.78 is 13.0. The van der Waals surface area contributed by atoms with Crippen LogP contribution in [0.4, 0.5) is 16.4 Å². The molecule has 1 atom stereocenters. The monoisotopic (exact) mass is 562 g/mol. The van der Waals surface area contributed by atoms with Gasteiger partial charge in [-0.15, -0.1) is 0 Å². The minimum absolute atomic E-state index is 0.0474. The number of alkyl carbamates (subject to hydrolysis) is 1. The van der Waals surface area contributed by atoms with Gasteiger partial charge in [0.05, 0.1) is 25.2 Å². The van der Waals surface area contributed by atoms with Crippen molar-refractivity contribution in [2.45, 2.75) is 70.9 Å². The van der Waals surface area contributed by atoms with E-state index >= 15 is 0 Å². The van der Waals surface area contributed by atoms with Crippen molar-refractivity contribution in [1.29, 1.82) is 0 Å². The molecule has 3 aromatic rings. The number of aryl methyl sites for hydroxylation is 1. The average molecular weight is 563 g/mol. The van der Waals surface area contributed by atoms with Gasteiger partial charge in [-0.05, 0) is 82.7 Å². The van der Waals surface area contributed by atoms with Gasteiger partial charge in [-0.25, -0.2) is 14.8 Å². The highest BCUT2D eigenvalue weighted by molar-refractivity contribution is 5.72. The molecule has 0 radical (unpaired) electrons. The summed E-state index contributed by atoms with van der Waals surface area (Å²) in [4.78, 5) is 36.0. The normalized spacial score (nSPS) is 14.9. The van der Waals surface area contributed by atoms with Gasteiger partial charge < -0.3 is 29.8 Å². The smallest absolute Gasteiger partial charge is 0.407 e. The van der Waals surface area contributed by atoms with Crippen molar-refractivity contribution in [2.24, 2.45) is 0 Å². The van der Waals surface area contributed by atoms with Crippen LogP contribution in [0.1, 0.15) is 64.5 Å². The number of aromatic nitrogens is 4. The van der Waals surface area contributed by atoms with E-state index in [-0.39, 0.29) is 12.5 Å². The number of benzene rings is 1. The Morgan fingerprint density at radius 3 is 2.63 bits per heavy atom. The van der Waals surface area contributed by atoms with E-state index in [1.54, 1.807) is 12.5 Å². The van der Waals surface area contributed by atoms with Crippen LogP contribution < -0.4 is 10.6 Å². The molecular weight excluding hydrogens is 524 g/mol. The third-order valence-electron chi connectivity index (χ3n) is 6.29. The second kappa shape index (κ2) is 13.8. The first-order valence-corrected chi connectivity index (χ1v) is 13.9. The standard InChI is InChI=1S/C30H38N6O5/c1-30(2,3)41-29(39)31-17-6-7-21-9-11-22(12-10-21)34-28-32-19-25-27(35-28)36(20-33-25)23-13-15-24(16-14-23)40-18-5-4-8-26(37)38/h9-13,15-16,19-20,23H,4-8,14,17-18H2,1-3H3,(H,31,39)(H,37,38)(H,32,34,35). The Bertz CT molecular complexity index is 1390. The number of fused-ring (bicyclic) bond motifs is 1. The molecule has 11 heteroatoms. The molecule has 218 valence electrons. The lowest BCUT2D eigenvalue weighted by Gasteiger charge is -2.19. The Balaban J connectivity index is 1.27. The van der Waals surface area contributed by atoms with Gasteiger partial charge in [0.2, 0.25) is 5.95 Å². The highest BCUT2D eigenvalue weighted by Crippen LogP contribution is 2.26. The number of nitrogens with zero attached hydrogens (tertiary/aromatic N) is 4. The largest absolute Gasteiger partial charge is 0.494 e. The first-order valence-electron chi connectivity index (χ1n) is 13.9. The third kappa shape index (κ3) is 9.33. The zero-order valence-electron chi connectivity index (χ0n) is 23.8. The van der Waals surface area contributed by atoms with Crippen LogP contribution in [0.5, 0.6) is 0 Å². The highest BCUT2D eigenvalue weighted by Gasteiger charge is 2.17. The van der Waals surface area contributed by atoms with Crippen LogP contribution >= 0.6 is 0 Å². The lowest BCUT2D eigenvalue weighted by Crippen LogP contribution is -2.33. The van der Waals surface area contributed by atoms with Crippen LogP contribution in [0.2, 0.25) is 0 Å². The van der Waals surface area contributed by atoms with E-state index in [9.17, 15) is 9.59 Å². The number of amides is 1. The van der Waals surface area contributed by atoms with Gasteiger partial charge in [0.25, 0.3) is 0 Å². The summed E-state index contributed by atoms with van der Waals surface area (Å²) in [6.45, 7) is 6.57. The van der Waals surface area contributed by atoms with Crippen molar-refractivity contribution in [3.8, 4) is 0 Å². The number of carbonyl (C=O) groups excluding carboxylic acids is 1. The number of hydrogen-bond donors (Lipinski definition) is 3. The second-order valence-electron chi connectivity index (χ2n) is 10.9. The predicted molar refractivity (Wildman–Crippen MR) is 156 cm³/mol. The number of carboxylic acid groups (broad SMARTS) is 1. The number of carboxylic acids is 1. The van der Waals surface area contributed by atoms with Crippen molar-refractivity contribution < 1.29 is 24.2 Å². The maximum Gasteiger partial charge on any atom is 0.407 e. The molecule has 1 amide bonds. The van der Waals surface area contributed by atoms with Crippen molar-refractivity contribution in [3.05, 3.63) is 66.3 Å². The fourth-order valence-electron chi connectivity index (χ4n) is 4.28. The van der Waals surface area contributed by atoms with Gasteiger partial charge >= 0.3 is 12.1 Å². The molecule has 0 spiro atoms. The first kappa shape index (κ1) is 29.6. The molecule has 1 unspecified atom stereocenters. The summed E-state index contributed by atoms with van der Waals surface area (Å²) in [6, 6.07) is 8.11. The fraction of sp³-hybridized carbons (Fsp3) is 0.433. The van der Waals surface area contributed by atoms with Crippen molar-refractivity contribution >= 4 is 34.9 Å². The number of aliphatic carboxylic acids is 1. The number of ether oxygens (including phenoxy) is 2. The fourth-order valence-corrected chi connectivity index (χ4v) is 4.28. The van der Waals surface area contributed by atoms with Crippen LogP contribution in [0.15, 0.2) is 60.8 Å². The van der Waals surface area contributed by atoms with Crippen LogP contribution in [-0.2, 0) is 20.7 Å². The van der Waals surface area contributed by atoms with Crippen LogP contribution in [-0.4, -0.2) is 55.4 Å². The van der Waals surface area contributed by atoms with Crippen molar-refractivity contribution in [2.75, 3.05) is 18.5 Å². The summed E-state index contributed by atoms with van der Waals surface area (Å²) in [6.07, 6.45) is 13.0. The number of hydrogen-bond acceptors (Lipinski definition) is 8. The first-order chi connectivity index (χ1) is 19.7. The molecule has 0 bridgehead atoms. The van der Waals surface area contributed by atoms with Crippen LogP contribution in [0.3, 0.4) is 0 Å². The number of carbonyl (C=O) groups is 2. The summed E-state index contributed by atoms with van der Waals surface area (Å²) in [5.41, 5.74) is 2.98. The van der Waals surface area contributed by atoms with Crippen LogP contribution in [0, 0.1) is 0 Å². The highest BCUT2D eigenvalue weighted by atomic mass is 16.6. The minimum Gasteiger partial charge on any atom is -0.494 e. The van der Waals surface area contributed by atoms with Gasteiger partial charge in [-0.1, -0.05) is 18.2 Å². The molecule has 2 heterocycles. The van der Waals surface area contributed by atoms with E-state index in [4.69, 9.17) is 19.6 Å².